The fourth-order valence-electron chi connectivity index (χ4n) is 3.88. The van der Waals surface area contributed by atoms with Gasteiger partial charge in [0.15, 0.2) is 0 Å². The SMILES string of the molecule is Cc1ccc(-c2csc3ncn(CCC(=O)NCCC4=CCCCC4)c(=O)c23)cc1. The summed E-state index contributed by atoms with van der Waals surface area (Å²) in [5.41, 5.74) is 4.47. The summed E-state index contributed by atoms with van der Waals surface area (Å²) in [7, 11) is 0. The Morgan fingerprint density at radius 3 is 2.83 bits per heavy atom. The van der Waals surface area contributed by atoms with Crippen LogP contribution in [-0.2, 0) is 11.3 Å². The molecule has 1 aliphatic carbocycles. The van der Waals surface area contributed by atoms with E-state index in [1.165, 1.54) is 35.3 Å². The predicted molar refractivity (Wildman–Crippen MR) is 123 cm³/mol. The molecule has 0 saturated heterocycles. The number of hydrogen-bond acceptors (Lipinski definition) is 4. The van der Waals surface area contributed by atoms with Gasteiger partial charge in [-0.3, -0.25) is 14.2 Å². The molecule has 1 aliphatic rings. The van der Waals surface area contributed by atoms with Crippen molar-refractivity contribution in [2.24, 2.45) is 0 Å². The minimum absolute atomic E-state index is 0.0255. The van der Waals surface area contributed by atoms with Crippen molar-refractivity contribution in [3.05, 3.63) is 63.5 Å². The monoisotopic (exact) mass is 421 g/mol. The Morgan fingerprint density at radius 1 is 1.23 bits per heavy atom. The number of carbonyl (C=O) groups excluding carboxylic acids is 1. The van der Waals surface area contributed by atoms with Crippen LogP contribution in [0.25, 0.3) is 21.3 Å². The van der Waals surface area contributed by atoms with Crippen molar-refractivity contribution in [2.45, 2.75) is 52.0 Å². The van der Waals surface area contributed by atoms with Crippen molar-refractivity contribution in [3.63, 3.8) is 0 Å². The minimum Gasteiger partial charge on any atom is -0.356 e. The zero-order valence-corrected chi connectivity index (χ0v) is 18.1. The van der Waals surface area contributed by atoms with Crippen molar-refractivity contribution in [2.75, 3.05) is 6.54 Å². The number of nitrogens with zero attached hydrogens (tertiary/aromatic N) is 2. The molecule has 0 spiro atoms. The first-order chi connectivity index (χ1) is 14.6. The van der Waals surface area contributed by atoms with Gasteiger partial charge in [0.25, 0.3) is 5.56 Å². The van der Waals surface area contributed by atoms with Gasteiger partial charge in [0.05, 0.1) is 11.7 Å². The molecule has 1 N–H and O–H groups in total. The summed E-state index contributed by atoms with van der Waals surface area (Å²) in [5.74, 6) is -0.0255. The fraction of sp³-hybridized carbons (Fsp3) is 0.375. The first-order valence-corrected chi connectivity index (χ1v) is 11.5. The first-order valence-electron chi connectivity index (χ1n) is 10.6. The van der Waals surface area contributed by atoms with E-state index in [1.54, 1.807) is 10.9 Å². The fourth-order valence-corrected chi connectivity index (χ4v) is 4.78. The number of hydrogen-bond donors (Lipinski definition) is 1. The molecule has 156 valence electrons. The van der Waals surface area contributed by atoms with E-state index in [0.717, 1.165) is 35.2 Å². The highest BCUT2D eigenvalue weighted by Crippen LogP contribution is 2.30. The summed E-state index contributed by atoms with van der Waals surface area (Å²) >= 11 is 1.48. The van der Waals surface area contributed by atoms with Gasteiger partial charge in [-0.05, 0) is 44.6 Å². The molecule has 2 aromatic heterocycles. The van der Waals surface area contributed by atoms with E-state index in [1.807, 2.05) is 36.6 Å². The smallest absolute Gasteiger partial charge is 0.262 e. The third kappa shape index (κ3) is 4.70. The van der Waals surface area contributed by atoms with Gasteiger partial charge in [-0.2, -0.15) is 0 Å². The molecule has 30 heavy (non-hydrogen) atoms. The topological polar surface area (TPSA) is 64.0 Å². The van der Waals surface area contributed by atoms with Gasteiger partial charge in [0.2, 0.25) is 5.91 Å². The van der Waals surface area contributed by atoms with Gasteiger partial charge in [-0.15, -0.1) is 11.3 Å². The van der Waals surface area contributed by atoms with Gasteiger partial charge in [0, 0.05) is 30.5 Å². The molecule has 0 atom stereocenters. The Hall–Kier alpha value is -2.73. The van der Waals surface area contributed by atoms with Crippen LogP contribution in [0.3, 0.4) is 0 Å². The van der Waals surface area contributed by atoms with Crippen molar-refractivity contribution >= 4 is 27.5 Å². The second-order valence-corrected chi connectivity index (χ2v) is 8.75. The summed E-state index contributed by atoms with van der Waals surface area (Å²) < 4.78 is 1.55. The number of rotatable bonds is 7. The number of aryl methyl sites for hydroxylation is 2. The van der Waals surface area contributed by atoms with E-state index in [2.05, 4.69) is 16.4 Å². The van der Waals surface area contributed by atoms with Crippen LogP contribution in [0, 0.1) is 6.92 Å². The average molecular weight is 422 g/mol. The molecule has 1 amide bonds. The summed E-state index contributed by atoms with van der Waals surface area (Å²) in [6.45, 7) is 3.04. The predicted octanol–water partition coefficient (Wildman–Crippen LogP) is 4.83. The van der Waals surface area contributed by atoms with Gasteiger partial charge >= 0.3 is 0 Å². The third-order valence-corrected chi connectivity index (χ3v) is 6.54. The highest BCUT2D eigenvalue weighted by molar-refractivity contribution is 7.17. The standard InChI is InChI=1S/C24H27N3O2S/c1-17-7-9-19(10-8-17)20-15-30-23-22(20)24(29)27(16-26-23)14-12-21(28)25-13-11-18-5-3-2-4-6-18/h5,7-10,15-16H,2-4,6,11-14H2,1H3,(H,25,28). The van der Waals surface area contributed by atoms with Crippen LogP contribution in [0.1, 0.15) is 44.1 Å². The Labute approximate surface area is 180 Å². The molecule has 0 bridgehead atoms. The maximum atomic E-state index is 13.1. The number of benzene rings is 1. The summed E-state index contributed by atoms with van der Waals surface area (Å²) in [6, 6.07) is 8.15. The number of thiophene rings is 1. The zero-order valence-electron chi connectivity index (χ0n) is 17.3. The van der Waals surface area contributed by atoms with E-state index in [9.17, 15) is 9.59 Å². The maximum Gasteiger partial charge on any atom is 0.262 e. The normalized spacial score (nSPS) is 14.0. The van der Waals surface area contributed by atoms with Gasteiger partial charge in [-0.1, -0.05) is 41.5 Å². The van der Waals surface area contributed by atoms with E-state index < -0.39 is 0 Å². The Kier molecular flexibility index (Phi) is 6.43. The zero-order chi connectivity index (χ0) is 20.9. The molecule has 5 nitrogen and oxygen atoms in total. The molecule has 1 aromatic carbocycles. The highest BCUT2D eigenvalue weighted by Gasteiger charge is 2.14. The Bertz CT molecular complexity index is 1130. The lowest BCUT2D eigenvalue weighted by molar-refractivity contribution is -0.121. The van der Waals surface area contributed by atoms with Crippen LogP contribution in [0.2, 0.25) is 0 Å². The molecule has 4 rings (SSSR count). The van der Waals surface area contributed by atoms with Gasteiger partial charge in [0.1, 0.15) is 4.83 Å². The lowest BCUT2D eigenvalue weighted by Gasteiger charge is -2.13. The Balaban J connectivity index is 1.41. The molecule has 0 fully saturated rings. The number of nitrogens with one attached hydrogen (secondary N) is 1. The largest absolute Gasteiger partial charge is 0.356 e. The second-order valence-electron chi connectivity index (χ2n) is 7.90. The van der Waals surface area contributed by atoms with Crippen LogP contribution >= 0.6 is 11.3 Å². The van der Waals surface area contributed by atoms with Crippen molar-refractivity contribution in [1.82, 2.24) is 14.9 Å². The summed E-state index contributed by atoms with van der Waals surface area (Å²) in [4.78, 5) is 30.5. The molecular weight excluding hydrogens is 394 g/mol. The summed E-state index contributed by atoms with van der Waals surface area (Å²) in [5, 5.41) is 5.60. The molecule has 0 radical (unpaired) electrons. The van der Waals surface area contributed by atoms with Crippen molar-refractivity contribution in [3.8, 4) is 11.1 Å². The lowest BCUT2D eigenvalue weighted by Crippen LogP contribution is -2.28. The maximum absolute atomic E-state index is 13.1. The average Bonchev–Trinajstić information content (AvgIpc) is 3.19. The van der Waals surface area contributed by atoms with Gasteiger partial charge in [-0.25, -0.2) is 4.98 Å². The van der Waals surface area contributed by atoms with Crippen LogP contribution in [-0.4, -0.2) is 22.0 Å². The van der Waals surface area contributed by atoms with Crippen molar-refractivity contribution < 1.29 is 4.79 Å². The van der Waals surface area contributed by atoms with Crippen LogP contribution in [0.5, 0.6) is 0 Å². The molecule has 2 heterocycles. The molecular formula is C24H27N3O2S. The number of fused-ring (bicyclic) bond motifs is 1. The van der Waals surface area contributed by atoms with Crippen molar-refractivity contribution in [1.29, 1.82) is 0 Å². The van der Waals surface area contributed by atoms with Crippen LogP contribution < -0.4 is 10.9 Å². The number of aromatic nitrogens is 2. The molecule has 6 heteroatoms. The van der Waals surface area contributed by atoms with Crippen LogP contribution in [0.15, 0.2) is 52.4 Å². The second kappa shape index (κ2) is 9.39. The number of carbonyl (C=O) groups is 1. The van der Waals surface area contributed by atoms with E-state index >= 15 is 0 Å². The molecule has 0 saturated carbocycles. The van der Waals surface area contributed by atoms with Gasteiger partial charge < -0.3 is 5.32 Å². The quantitative estimate of drug-likeness (QED) is 0.556. The molecule has 3 aromatic rings. The molecule has 0 aliphatic heterocycles. The Morgan fingerprint density at radius 2 is 2.07 bits per heavy atom. The number of amides is 1. The van der Waals surface area contributed by atoms with E-state index in [-0.39, 0.29) is 17.9 Å². The third-order valence-electron chi connectivity index (χ3n) is 5.66. The van der Waals surface area contributed by atoms with E-state index in [0.29, 0.717) is 18.5 Å². The summed E-state index contributed by atoms with van der Waals surface area (Å²) in [6.07, 6.45) is 9.91. The van der Waals surface area contributed by atoms with Crippen LogP contribution in [0.4, 0.5) is 0 Å². The van der Waals surface area contributed by atoms with E-state index in [4.69, 9.17) is 0 Å². The highest BCUT2D eigenvalue weighted by atomic mass is 32.1. The lowest BCUT2D eigenvalue weighted by atomic mass is 9.97. The first kappa shape index (κ1) is 20.5. The number of allylic oxidation sites excluding steroid dienone is 1. The minimum atomic E-state index is -0.0861. The molecule has 0 unspecified atom stereocenters.